The molecule has 5 heteroatoms. The first-order valence-electron chi connectivity index (χ1n) is 11.9. The Labute approximate surface area is 194 Å². The molecule has 0 aliphatic carbocycles. The van der Waals surface area contributed by atoms with Crippen LogP contribution in [0.2, 0.25) is 5.02 Å². The Morgan fingerprint density at radius 2 is 1.29 bits per heavy atom. The lowest BCUT2D eigenvalue weighted by Crippen LogP contribution is -2.21. The van der Waals surface area contributed by atoms with Gasteiger partial charge in [-0.25, -0.2) is 0 Å². The Balaban J connectivity index is 2.49. The van der Waals surface area contributed by atoms with Gasteiger partial charge in [0.25, 0.3) is 0 Å². The van der Waals surface area contributed by atoms with Crippen LogP contribution >= 0.6 is 11.6 Å². The normalized spacial score (nSPS) is 12.2. The number of carbonyl (C=O) groups excluding carboxylic acids is 2. The Bertz CT molecular complexity index is 625. The summed E-state index contributed by atoms with van der Waals surface area (Å²) in [4.78, 5) is 25.1. The third-order valence-electron chi connectivity index (χ3n) is 5.29. The maximum Gasteiger partial charge on any atom is 0.314 e. The summed E-state index contributed by atoms with van der Waals surface area (Å²) in [5.74, 6) is -0.0129. The Kier molecular flexibility index (Phi) is 14.3. The largest absolute Gasteiger partial charge is 0.466 e. The van der Waals surface area contributed by atoms with Crippen LogP contribution in [0, 0.1) is 11.8 Å². The van der Waals surface area contributed by atoms with E-state index < -0.39 is 5.92 Å². The van der Waals surface area contributed by atoms with Gasteiger partial charge in [0.05, 0.1) is 25.6 Å². The molecule has 0 spiro atoms. The Morgan fingerprint density at radius 1 is 0.774 bits per heavy atom. The van der Waals surface area contributed by atoms with Crippen LogP contribution in [0.25, 0.3) is 0 Å². The second-order valence-corrected chi connectivity index (χ2v) is 9.62. The van der Waals surface area contributed by atoms with E-state index in [4.69, 9.17) is 21.1 Å². The molecular weight excluding hydrogens is 412 g/mol. The number of hydrogen-bond acceptors (Lipinski definition) is 4. The fourth-order valence-corrected chi connectivity index (χ4v) is 3.51. The van der Waals surface area contributed by atoms with E-state index in [2.05, 4.69) is 27.7 Å². The minimum atomic E-state index is -0.665. The van der Waals surface area contributed by atoms with Gasteiger partial charge in [0, 0.05) is 5.02 Å². The van der Waals surface area contributed by atoms with Crippen LogP contribution in [0.3, 0.4) is 0 Å². The van der Waals surface area contributed by atoms with Gasteiger partial charge in [-0.2, -0.15) is 0 Å². The van der Waals surface area contributed by atoms with E-state index in [-0.39, 0.29) is 18.4 Å². The standard InChI is InChI=1S/C26H41ClO4/c1-20(2)11-7-5-9-17-30-25(28)19-24(22-13-15-23(27)16-14-22)26(29)31-18-10-6-8-12-21(3)4/h13-16,20-21,24H,5-12,17-19H2,1-4H3. The number of esters is 2. The molecular formula is C26H41ClO4. The first-order chi connectivity index (χ1) is 14.8. The van der Waals surface area contributed by atoms with E-state index in [1.54, 1.807) is 24.3 Å². The van der Waals surface area contributed by atoms with E-state index in [9.17, 15) is 9.59 Å². The molecule has 4 nitrogen and oxygen atoms in total. The fraction of sp³-hybridized carbons (Fsp3) is 0.692. The van der Waals surface area contributed by atoms with Crippen molar-refractivity contribution in [2.24, 2.45) is 11.8 Å². The minimum Gasteiger partial charge on any atom is -0.466 e. The van der Waals surface area contributed by atoms with E-state index >= 15 is 0 Å². The van der Waals surface area contributed by atoms with Gasteiger partial charge >= 0.3 is 11.9 Å². The topological polar surface area (TPSA) is 52.6 Å². The third-order valence-corrected chi connectivity index (χ3v) is 5.54. The number of ether oxygens (including phenoxy) is 2. The van der Waals surface area contributed by atoms with Crippen LogP contribution in [0.15, 0.2) is 24.3 Å². The smallest absolute Gasteiger partial charge is 0.314 e. The van der Waals surface area contributed by atoms with Gasteiger partial charge in [0.2, 0.25) is 0 Å². The summed E-state index contributed by atoms with van der Waals surface area (Å²) in [7, 11) is 0. The molecule has 31 heavy (non-hydrogen) atoms. The number of rotatable bonds is 16. The van der Waals surface area contributed by atoms with Crippen molar-refractivity contribution in [1.29, 1.82) is 0 Å². The zero-order chi connectivity index (χ0) is 23.1. The molecule has 0 saturated carbocycles. The van der Waals surface area contributed by atoms with Gasteiger partial charge in [-0.3, -0.25) is 9.59 Å². The van der Waals surface area contributed by atoms with Crippen molar-refractivity contribution in [1.82, 2.24) is 0 Å². The maximum absolute atomic E-state index is 12.7. The van der Waals surface area contributed by atoms with Gasteiger partial charge in [0.1, 0.15) is 0 Å². The molecule has 0 N–H and O–H groups in total. The summed E-state index contributed by atoms with van der Waals surface area (Å²) >= 11 is 5.98. The summed E-state index contributed by atoms with van der Waals surface area (Å²) in [5, 5.41) is 0.588. The summed E-state index contributed by atoms with van der Waals surface area (Å²) in [6, 6.07) is 7.00. The number of unbranched alkanes of at least 4 members (excludes halogenated alkanes) is 4. The van der Waals surface area contributed by atoms with Crippen molar-refractivity contribution in [2.75, 3.05) is 13.2 Å². The first kappa shape index (κ1) is 27.5. The molecule has 1 rings (SSSR count). The van der Waals surface area contributed by atoms with Crippen LogP contribution in [0.5, 0.6) is 0 Å². The van der Waals surface area contributed by atoms with E-state index in [1.807, 2.05) is 0 Å². The molecule has 0 heterocycles. The molecule has 1 aromatic rings. The minimum absolute atomic E-state index is 0.0141. The molecule has 0 saturated heterocycles. The third kappa shape index (κ3) is 13.5. The van der Waals surface area contributed by atoms with Gasteiger partial charge in [-0.05, 0) is 42.4 Å². The molecule has 0 aromatic heterocycles. The van der Waals surface area contributed by atoms with Gasteiger partial charge in [0.15, 0.2) is 0 Å². The summed E-state index contributed by atoms with van der Waals surface area (Å²) in [6.07, 6.45) is 8.42. The summed E-state index contributed by atoms with van der Waals surface area (Å²) in [5.41, 5.74) is 0.725. The molecule has 0 bridgehead atoms. The first-order valence-corrected chi connectivity index (χ1v) is 12.2. The second-order valence-electron chi connectivity index (χ2n) is 9.18. The second kappa shape index (κ2) is 16.1. The predicted octanol–water partition coefficient (Wildman–Crippen LogP) is 7.33. The van der Waals surface area contributed by atoms with Crippen LogP contribution in [-0.4, -0.2) is 25.2 Å². The molecule has 1 atom stereocenters. The van der Waals surface area contributed by atoms with Gasteiger partial charge in [-0.15, -0.1) is 0 Å². The van der Waals surface area contributed by atoms with Crippen molar-refractivity contribution in [3.8, 4) is 0 Å². The monoisotopic (exact) mass is 452 g/mol. The fourth-order valence-electron chi connectivity index (χ4n) is 3.38. The highest BCUT2D eigenvalue weighted by Crippen LogP contribution is 2.24. The van der Waals surface area contributed by atoms with Crippen molar-refractivity contribution >= 4 is 23.5 Å². The quantitative estimate of drug-likeness (QED) is 0.194. The lowest BCUT2D eigenvalue weighted by atomic mass is 9.96. The highest BCUT2D eigenvalue weighted by molar-refractivity contribution is 6.30. The van der Waals surface area contributed by atoms with E-state index in [0.717, 1.165) is 44.1 Å². The predicted molar refractivity (Wildman–Crippen MR) is 127 cm³/mol. The lowest BCUT2D eigenvalue weighted by molar-refractivity contribution is -0.152. The van der Waals surface area contributed by atoms with Crippen molar-refractivity contribution in [3.63, 3.8) is 0 Å². The zero-order valence-electron chi connectivity index (χ0n) is 19.8. The van der Waals surface area contributed by atoms with Crippen LogP contribution in [-0.2, 0) is 19.1 Å². The van der Waals surface area contributed by atoms with Crippen LogP contribution in [0.4, 0.5) is 0 Å². The molecule has 0 amide bonds. The number of benzene rings is 1. The summed E-state index contributed by atoms with van der Waals surface area (Å²) in [6.45, 7) is 9.62. The highest BCUT2D eigenvalue weighted by atomic mass is 35.5. The Morgan fingerprint density at radius 3 is 1.81 bits per heavy atom. The van der Waals surface area contributed by atoms with Crippen molar-refractivity contribution in [3.05, 3.63) is 34.9 Å². The van der Waals surface area contributed by atoms with Gasteiger partial charge < -0.3 is 9.47 Å². The van der Waals surface area contributed by atoms with Gasteiger partial charge in [-0.1, -0.05) is 90.0 Å². The molecule has 176 valence electrons. The molecule has 1 aromatic carbocycles. The number of halogens is 1. The van der Waals surface area contributed by atoms with E-state index in [1.165, 1.54) is 12.8 Å². The average molecular weight is 453 g/mol. The molecule has 0 radical (unpaired) electrons. The number of hydrogen-bond donors (Lipinski definition) is 0. The highest BCUT2D eigenvalue weighted by Gasteiger charge is 2.26. The SMILES string of the molecule is CC(C)CCCCCOC(=O)CC(C(=O)OCCCCCC(C)C)c1ccc(Cl)cc1. The molecule has 0 aliphatic rings. The van der Waals surface area contributed by atoms with E-state index in [0.29, 0.717) is 30.1 Å². The van der Waals surface area contributed by atoms with Crippen molar-refractivity contribution in [2.45, 2.75) is 91.4 Å². The Hall–Kier alpha value is -1.55. The lowest BCUT2D eigenvalue weighted by Gasteiger charge is -2.16. The zero-order valence-corrected chi connectivity index (χ0v) is 20.6. The molecule has 1 unspecified atom stereocenters. The number of carbonyl (C=O) groups is 2. The molecule has 0 fully saturated rings. The van der Waals surface area contributed by atoms with Crippen LogP contribution in [0.1, 0.15) is 97.0 Å². The maximum atomic E-state index is 12.7. The summed E-state index contributed by atoms with van der Waals surface area (Å²) < 4.78 is 10.9. The van der Waals surface area contributed by atoms with Crippen LogP contribution < -0.4 is 0 Å². The average Bonchev–Trinajstić information content (AvgIpc) is 2.71. The van der Waals surface area contributed by atoms with Crippen molar-refractivity contribution < 1.29 is 19.1 Å². The molecule has 0 aliphatic heterocycles.